The molecule has 0 rings (SSSR count). The van der Waals surface area contributed by atoms with Crippen LogP contribution in [0.1, 0.15) is 53.4 Å². The summed E-state index contributed by atoms with van der Waals surface area (Å²) < 4.78 is 0. The van der Waals surface area contributed by atoms with E-state index in [1.54, 1.807) is 27.7 Å². The Morgan fingerprint density at radius 2 is 0.970 bits per heavy atom. The molecule has 188 valence electrons. The van der Waals surface area contributed by atoms with Gasteiger partial charge in [0, 0.05) is 36.8 Å². The molecule has 0 aromatic carbocycles. The zero-order valence-electron chi connectivity index (χ0n) is 19.8. The van der Waals surface area contributed by atoms with Gasteiger partial charge in [-0.05, 0) is 12.8 Å². The van der Waals surface area contributed by atoms with Gasteiger partial charge in [0.2, 0.25) is 11.8 Å². The zero-order chi connectivity index (χ0) is 25.5. The van der Waals surface area contributed by atoms with Crippen molar-refractivity contribution in [3.8, 4) is 0 Å². The van der Waals surface area contributed by atoms with E-state index in [2.05, 4.69) is 10.6 Å². The predicted molar refractivity (Wildman–Crippen MR) is 119 cm³/mol. The van der Waals surface area contributed by atoms with E-state index in [4.69, 9.17) is 20.4 Å². The van der Waals surface area contributed by atoms with Crippen molar-refractivity contribution < 1.29 is 49.8 Å². The van der Waals surface area contributed by atoms with Gasteiger partial charge in [0.1, 0.15) is 12.2 Å². The van der Waals surface area contributed by atoms with E-state index in [1.165, 1.54) is 0 Å². The van der Waals surface area contributed by atoms with E-state index in [-0.39, 0.29) is 76.9 Å². The molecule has 2 amide bonds. The SMILES string of the molecule is CC(C)(CO)[C@@H](O)C(=O)NCCCC(=O)O.CC(C)(CO)[C@@H](O)C(=O)NCCCC(=O)O.[Ca+2]. The Bertz CT molecular complexity index is 562. The standard InChI is InChI=1S/2C10H19NO5.Ca/c2*1-10(2,6-12)8(15)9(16)11-5-3-4-7(13)14;/h2*8,12,15H,3-6H2,1-2H3,(H,11,16)(H,13,14);/q;;+2/t2*8-;/m00./s1. The van der Waals surface area contributed by atoms with Crippen molar-refractivity contribution in [3.05, 3.63) is 0 Å². The molecule has 0 unspecified atom stereocenters. The fraction of sp³-hybridized carbons (Fsp3) is 0.800. The van der Waals surface area contributed by atoms with Crippen LogP contribution in [0.2, 0.25) is 0 Å². The van der Waals surface area contributed by atoms with E-state index < -0.39 is 46.8 Å². The molecule has 0 aliphatic carbocycles. The number of aliphatic carboxylic acids is 2. The molecule has 0 radical (unpaired) electrons. The quantitative estimate of drug-likeness (QED) is 0.0988. The molecule has 0 saturated heterocycles. The molecule has 0 aromatic heterocycles. The maximum atomic E-state index is 11.4. The van der Waals surface area contributed by atoms with Crippen molar-refractivity contribution in [2.75, 3.05) is 26.3 Å². The molecule has 0 aliphatic heterocycles. The number of aliphatic hydroxyl groups excluding tert-OH is 4. The van der Waals surface area contributed by atoms with Gasteiger partial charge in [0.15, 0.2) is 0 Å². The number of carbonyl (C=O) groups excluding carboxylic acids is 2. The molecule has 0 fully saturated rings. The summed E-state index contributed by atoms with van der Waals surface area (Å²) in [7, 11) is 0. The number of carbonyl (C=O) groups is 4. The topological polar surface area (TPSA) is 214 Å². The second-order valence-electron chi connectivity index (χ2n) is 8.68. The third kappa shape index (κ3) is 17.1. The summed E-state index contributed by atoms with van der Waals surface area (Å²) in [6.45, 7) is 6.03. The Kier molecular flexibility index (Phi) is 20.3. The largest absolute Gasteiger partial charge is 2.00 e. The van der Waals surface area contributed by atoms with E-state index in [0.717, 1.165) is 0 Å². The first-order valence-corrected chi connectivity index (χ1v) is 10.2. The van der Waals surface area contributed by atoms with E-state index in [0.29, 0.717) is 12.8 Å². The fourth-order valence-corrected chi connectivity index (χ4v) is 1.98. The summed E-state index contributed by atoms with van der Waals surface area (Å²) in [5.41, 5.74) is -1.81. The summed E-state index contributed by atoms with van der Waals surface area (Å²) in [5.74, 6) is -3.04. The molecular weight excluding hydrogens is 468 g/mol. The van der Waals surface area contributed by atoms with Crippen LogP contribution in [0.4, 0.5) is 0 Å². The van der Waals surface area contributed by atoms with Gasteiger partial charge in [-0.15, -0.1) is 0 Å². The Hall–Kier alpha value is -1.02. The van der Waals surface area contributed by atoms with E-state index in [1.807, 2.05) is 0 Å². The van der Waals surface area contributed by atoms with Crippen LogP contribution in [-0.4, -0.2) is 131 Å². The third-order valence-corrected chi connectivity index (χ3v) is 4.53. The Morgan fingerprint density at radius 3 is 1.18 bits per heavy atom. The van der Waals surface area contributed by atoms with Gasteiger partial charge in [-0.2, -0.15) is 0 Å². The van der Waals surface area contributed by atoms with Crippen LogP contribution in [-0.2, 0) is 19.2 Å². The zero-order valence-corrected chi connectivity index (χ0v) is 22.0. The van der Waals surface area contributed by atoms with Gasteiger partial charge in [0.05, 0.1) is 13.2 Å². The van der Waals surface area contributed by atoms with Gasteiger partial charge in [-0.25, -0.2) is 0 Å². The van der Waals surface area contributed by atoms with Crippen LogP contribution < -0.4 is 10.6 Å². The van der Waals surface area contributed by atoms with Crippen LogP contribution in [0.25, 0.3) is 0 Å². The maximum absolute atomic E-state index is 11.4. The molecule has 8 N–H and O–H groups in total. The first-order chi connectivity index (χ1) is 14.6. The first kappa shape index (κ1) is 36.5. The van der Waals surface area contributed by atoms with Gasteiger partial charge < -0.3 is 41.3 Å². The van der Waals surface area contributed by atoms with Crippen LogP contribution >= 0.6 is 0 Å². The summed E-state index contributed by atoms with van der Waals surface area (Å²) >= 11 is 0. The minimum Gasteiger partial charge on any atom is -0.481 e. The number of aliphatic hydroxyl groups is 4. The molecule has 0 bridgehead atoms. The predicted octanol–water partition coefficient (Wildman–Crippen LogP) is -1.69. The van der Waals surface area contributed by atoms with E-state index >= 15 is 0 Å². The van der Waals surface area contributed by atoms with Gasteiger partial charge in [-0.1, -0.05) is 27.7 Å². The molecule has 12 nitrogen and oxygen atoms in total. The van der Waals surface area contributed by atoms with Gasteiger partial charge in [0.25, 0.3) is 0 Å². The molecule has 13 heteroatoms. The molecule has 0 saturated carbocycles. The Balaban J connectivity index is -0.000000529. The average molecular weight is 507 g/mol. The Labute approximate surface area is 223 Å². The summed E-state index contributed by atoms with van der Waals surface area (Å²) in [6, 6.07) is 0. The van der Waals surface area contributed by atoms with Crippen molar-refractivity contribution in [1.29, 1.82) is 0 Å². The van der Waals surface area contributed by atoms with Crippen molar-refractivity contribution in [3.63, 3.8) is 0 Å². The minimum atomic E-state index is -1.30. The first-order valence-electron chi connectivity index (χ1n) is 10.2. The normalized spacial score (nSPS) is 12.8. The number of carboxylic acid groups (broad SMARTS) is 2. The summed E-state index contributed by atoms with van der Waals surface area (Å²) in [6.07, 6.45) is -2.04. The number of rotatable bonds is 14. The third-order valence-electron chi connectivity index (χ3n) is 4.53. The van der Waals surface area contributed by atoms with Crippen molar-refractivity contribution in [1.82, 2.24) is 10.6 Å². The molecule has 0 aliphatic rings. The number of hydrogen-bond donors (Lipinski definition) is 8. The van der Waals surface area contributed by atoms with Crippen LogP contribution in [0, 0.1) is 10.8 Å². The van der Waals surface area contributed by atoms with Crippen molar-refractivity contribution in [2.24, 2.45) is 10.8 Å². The molecule has 0 heterocycles. The second-order valence-corrected chi connectivity index (χ2v) is 8.68. The number of hydrogen-bond acceptors (Lipinski definition) is 8. The van der Waals surface area contributed by atoms with Crippen molar-refractivity contribution >= 4 is 61.5 Å². The van der Waals surface area contributed by atoms with Crippen molar-refractivity contribution in [2.45, 2.75) is 65.6 Å². The smallest absolute Gasteiger partial charge is 0.481 e. The fourth-order valence-electron chi connectivity index (χ4n) is 1.98. The maximum Gasteiger partial charge on any atom is 2.00 e. The van der Waals surface area contributed by atoms with Gasteiger partial charge >= 0.3 is 49.7 Å². The number of carboxylic acids is 2. The minimum absolute atomic E-state index is 0. The summed E-state index contributed by atoms with van der Waals surface area (Å²) in [4.78, 5) is 43.1. The van der Waals surface area contributed by atoms with Crippen LogP contribution in [0.15, 0.2) is 0 Å². The van der Waals surface area contributed by atoms with Gasteiger partial charge in [-0.3, -0.25) is 19.2 Å². The molecule has 33 heavy (non-hydrogen) atoms. The molecule has 0 spiro atoms. The van der Waals surface area contributed by atoms with Crippen LogP contribution in [0.5, 0.6) is 0 Å². The summed E-state index contributed by atoms with van der Waals surface area (Å²) in [5, 5.41) is 58.6. The monoisotopic (exact) mass is 506 g/mol. The van der Waals surface area contributed by atoms with Crippen LogP contribution in [0.3, 0.4) is 0 Å². The number of nitrogens with one attached hydrogen (secondary N) is 2. The van der Waals surface area contributed by atoms with E-state index in [9.17, 15) is 29.4 Å². The molecule has 0 aromatic rings. The molecule has 2 atom stereocenters. The second kappa shape index (κ2) is 18.3. The Morgan fingerprint density at radius 1 is 0.697 bits per heavy atom. The average Bonchev–Trinajstić information content (AvgIpc) is 2.72. The molecular formula is C20H38CaN2O10+2. The number of amides is 2.